The summed E-state index contributed by atoms with van der Waals surface area (Å²) < 4.78 is 5.44. The van der Waals surface area contributed by atoms with Gasteiger partial charge in [0, 0.05) is 24.7 Å². The number of carboxylic acid groups (broad SMARTS) is 1. The van der Waals surface area contributed by atoms with Crippen LogP contribution in [-0.4, -0.2) is 59.2 Å². The van der Waals surface area contributed by atoms with Gasteiger partial charge in [0.1, 0.15) is 5.84 Å². The Morgan fingerprint density at radius 2 is 1.81 bits per heavy atom. The molecule has 0 unspecified atom stereocenters. The van der Waals surface area contributed by atoms with Crippen molar-refractivity contribution in [1.29, 1.82) is 5.41 Å². The molecule has 0 bridgehead atoms. The van der Waals surface area contributed by atoms with Crippen molar-refractivity contribution in [3.8, 4) is 0 Å². The Bertz CT molecular complexity index is 1130. The number of ether oxygens (including phenoxy) is 1. The van der Waals surface area contributed by atoms with Crippen molar-refractivity contribution in [2.75, 3.05) is 23.4 Å². The summed E-state index contributed by atoms with van der Waals surface area (Å²) in [4.78, 5) is 36.1. The number of aliphatic carboxylic acids is 1. The van der Waals surface area contributed by atoms with E-state index in [9.17, 15) is 14.7 Å². The number of morpholine rings is 1. The number of hydrogen-bond donors (Lipinski definition) is 5. The molecule has 6 N–H and O–H groups in total. The first-order valence-corrected chi connectivity index (χ1v) is 11.5. The minimum atomic E-state index is -1.73. The molecule has 1 aliphatic heterocycles. The van der Waals surface area contributed by atoms with Crippen LogP contribution in [0.3, 0.4) is 0 Å². The van der Waals surface area contributed by atoms with Gasteiger partial charge in [-0.1, -0.05) is 44.5 Å². The average molecular weight is 519 g/mol. The molecule has 2 aromatic rings. The van der Waals surface area contributed by atoms with Crippen molar-refractivity contribution in [1.82, 2.24) is 0 Å². The number of nitrogen functional groups attached to an aromatic ring is 1. The molecule has 0 aromatic heterocycles. The predicted octanol–water partition coefficient (Wildman–Crippen LogP) is 2.74. The van der Waals surface area contributed by atoms with Crippen LogP contribution in [0.4, 0.5) is 11.4 Å². The SMILES string of the molecule is CC(=O)O.CC(C)(C)c1ccc(N2CCO[C@H]([C@@H](O)C(=O)Nc3ccc(C(=N)N)cc3Cl)C2=O)cc1. The van der Waals surface area contributed by atoms with Gasteiger partial charge < -0.3 is 30.9 Å². The van der Waals surface area contributed by atoms with Crippen LogP contribution in [0.5, 0.6) is 0 Å². The summed E-state index contributed by atoms with van der Waals surface area (Å²) in [6.45, 7) is 7.89. The Morgan fingerprint density at radius 1 is 1.22 bits per heavy atom. The van der Waals surface area contributed by atoms with E-state index in [0.29, 0.717) is 17.8 Å². The minimum Gasteiger partial charge on any atom is -0.481 e. The number of amides is 2. The maximum Gasteiger partial charge on any atom is 0.300 e. The third-order valence-corrected chi connectivity index (χ3v) is 5.57. The number of hydrogen-bond acceptors (Lipinski definition) is 6. The van der Waals surface area contributed by atoms with Crippen LogP contribution in [0.25, 0.3) is 0 Å². The summed E-state index contributed by atoms with van der Waals surface area (Å²) in [5, 5.41) is 28.0. The van der Waals surface area contributed by atoms with Crippen molar-refractivity contribution in [3.05, 3.63) is 58.6 Å². The number of aliphatic hydroxyl groups is 1. The molecule has 0 spiro atoms. The second-order valence-electron chi connectivity index (χ2n) is 9.14. The normalized spacial score (nSPS) is 16.4. The van der Waals surface area contributed by atoms with Crippen molar-refractivity contribution in [2.24, 2.45) is 5.73 Å². The average Bonchev–Trinajstić information content (AvgIpc) is 2.79. The van der Waals surface area contributed by atoms with E-state index >= 15 is 0 Å². The highest BCUT2D eigenvalue weighted by Gasteiger charge is 2.39. The first kappa shape index (κ1) is 28.8. The topological polar surface area (TPSA) is 166 Å². The first-order valence-electron chi connectivity index (χ1n) is 11.1. The minimum absolute atomic E-state index is 0.0196. The number of carbonyl (C=O) groups is 3. The van der Waals surface area contributed by atoms with Gasteiger partial charge in [0.2, 0.25) is 0 Å². The molecule has 3 rings (SSSR count). The van der Waals surface area contributed by atoms with Gasteiger partial charge in [-0.15, -0.1) is 0 Å². The van der Waals surface area contributed by atoms with Gasteiger partial charge in [-0.3, -0.25) is 19.8 Å². The molecule has 1 fully saturated rings. The van der Waals surface area contributed by atoms with E-state index in [1.54, 1.807) is 0 Å². The Hall–Kier alpha value is -3.47. The number of nitrogens with one attached hydrogen (secondary N) is 2. The number of aliphatic hydroxyl groups excluding tert-OH is 1. The lowest BCUT2D eigenvalue weighted by Gasteiger charge is -2.34. The maximum atomic E-state index is 13.0. The molecule has 2 aromatic carbocycles. The zero-order valence-corrected chi connectivity index (χ0v) is 21.3. The molecular weight excluding hydrogens is 488 g/mol. The molecule has 2 amide bonds. The van der Waals surface area contributed by atoms with Crippen LogP contribution >= 0.6 is 11.6 Å². The molecule has 0 radical (unpaired) electrons. The maximum absolute atomic E-state index is 13.0. The van der Waals surface area contributed by atoms with E-state index < -0.39 is 30.0 Å². The standard InChI is InChI=1S/C23H27ClN4O4.C2H4O2/c1-23(2,3)14-5-7-15(8-6-14)28-10-11-32-19(22(28)31)18(29)21(30)27-17-9-4-13(20(25)26)12-16(17)24;1-2(3)4/h4-9,12,18-19,29H,10-11H2,1-3H3,(H3,25,26)(H,27,30);1H3,(H,3,4)/t18-,19-;/m1./s1. The Labute approximate surface area is 214 Å². The fourth-order valence-electron chi connectivity index (χ4n) is 3.36. The Kier molecular flexibility index (Phi) is 9.57. The number of nitrogens with two attached hydrogens (primary N) is 1. The van der Waals surface area contributed by atoms with Crippen LogP contribution in [0.15, 0.2) is 42.5 Å². The van der Waals surface area contributed by atoms with Crippen LogP contribution in [0.2, 0.25) is 5.02 Å². The summed E-state index contributed by atoms with van der Waals surface area (Å²) in [6.07, 6.45) is -3.08. The van der Waals surface area contributed by atoms with E-state index in [1.807, 2.05) is 24.3 Å². The second-order valence-corrected chi connectivity index (χ2v) is 9.55. The summed E-state index contributed by atoms with van der Waals surface area (Å²) in [5.41, 5.74) is 7.82. The largest absolute Gasteiger partial charge is 0.481 e. The Balaban J connectivity index is 0.00000106. The van der Waals surface area contributed by atoms with Crippen LogP contribution in [-0.2, 0) is 24.5 Å². The molecule has 194 valence electrons. The van der Waals surface area contributed by atoms with E-state index in [-0.39, 0.29) is 28.6 Å². The van der Waals surface area contributed by atoms with Crippen LogP contribution < -0.4 is 16.0 Å². The highest BCUT2D eigenvalue weighted by Crippen LogP contribution is 2.27. The number of nitrogens with zero attached hydrogens (tertiary/aromatic N) is 1. The van der Waals surface area contributed by atoms with Gasteiger partial charge in [0.15, 0.2) is 12.2 Å². The number of anilines is 2. The molecule has 1 heterocycles. The molecule has 2 atom stereocenters. The number of carboxylic acids is 1. The van der Waals surface area contributed by atoms with Crippen molar-refractivity contribution >= 4 is 46.6 Å². The smallest absolute Gasteiger partial charge is 0.300 e. The molecule has 36 heavy (non-hydrogen) atoms. The van der Waals surface area contributed by atoms with Gasteiger partial charge >= 0.3 is 0 Å². The number of halogens is 1. The molecular formula is C25H31ClN4O6. The third kappa shape index (κ3) is 7.51. The lowest BCUT2D eigenvalue weighted by atomic mass is 9.87. The summed E-state index contributed by atoms with van der Waals surface area (Å²) in [6, 6.07) is 12.0. The number of amidine groups is 1. The van der Waals surface area contributed by atoms with Gasteiger partial charge in [-0.05, 0) is 41.3 Å². The number of carbonyl (C=O) groups excluding carboxylic acids is 2. The fraction of sp³-hybridized carbons (Fsp3) is 0.360. The van der Waals surface area contributed by atoms with Crippen molar-refractivity contribution in [2.45, 2.75) is 45.3 Å². The van der Waals surface area contributed by atoms with Crippen LogP contribution in [0, 0.1) is 5.41 Å². The van der Waals surface area contributed by atoms with Gasteiger partial charge in [0.25, 0.3) is 17.8 Å². The fourth-order valence-corrected chi connectivity index (χ4v) is 3.59. The highest BCUT2D eigenvalue weighted by atomic mass is 35.5. The Morgan fingerprint density at radius 3 is 2.31 bits per heavy atom. The first-order chi connectivity index (χ1) is 16.7. The molecule has 1 saturated heterocycles. The van der Waals surface area contributed by atoms with Gasteiger partial charge in [0.05, 0.1) is 17.3 Å². The summed E-state index contributed by atoms with van der Waals surface area (Å²) in [5.74, 6) is -2.33. The predicted molar refractivity (Wildman–Crippen MR) is 138 cm³/mol. The van der Waals surface area contributed by atoms with E-state index in [2.05, 4.69) is 26.1 Å². The summed E-state index contributed by atoms with van der Waals surface area (Å²) in [7, 11) is 0. The van der Waals surface area contributed by atoms with Crippen molar-refractivity contribution < 1.29 is 29.3 Å². The number of rotatable bonds is 5. The van der Waals surface area contributed by atoms with E-state index in [1.165, 1.54) is 23.1 Å². The van der Waals surface area contributed by atoms with Gasteiger partial charge in [-0.2, -0.15) is 0 Å². The molecule has 11 heteroatoms. The quantitative estimate of drug-likeness (QED) is 0.299. The van der Waals surface area contributed by atoms with Gasteiger partial charge in [-0.25, -0.2) is 0 Å². The van der Waals surface area contributed by atoms with E-state index in [4.69, 9.17) is 37.4 Å². The highest BCUT2D eigenvalue weighted by molar-refractivity contribution is 6.34. The zero-order chi connectivity index (χ0) is 27.2. The van der Waals surface area contributed by atoms with E-state index in [0.717, 1.165) is 12.5 Å². The summed E-state index contributed by atoms with van der Waals surface area (Å²) >= 11 is 6.13. The number of benzene rings is 2. The molecule has 10 nitrogen and oxygen atoms in total. The molecule has 0 saturated carbocycles. The molecule has 0 aliphatic carbocycles. The second kappa shape index (κ2) is 12.0. The molecule has 1 aliphatic rings. The lowest BCUT2D eigenvalue weighted by Crippen LogP contribution is -2.55. The van der Waals surface area contributed by atoms with Crippen molar-refractivity contribution in [3.63, 3.8) is 0 Å². The monoisotopic (exact) mass is 518 g/mol. The lowest BCUT2D eigenvalue weighted by molar-refractivity contribution is -0.150. The zero-order valence-electron chi connectivity index (χ0n) is 20.5. The van der Waals surface area contributed by atoms with Crippen LogP contribution in [0.1, 0.15) is 38.8 Å². The third-order valence-electron chi connectivity index (χ3n) is 5.26.